The molecule has 8 N–H and O–H groups in total. The average molecular weight is 313 g/mol. The van der Waals surface area contributed by atoms with Crippen molar-refractivity contribution in [2.75, 3.05) is 6.61 Å². The zero-order valence-corrected chi connectivity index (χ0v) is 13.1. The molecule has 0 spiro atoms. The number of nitrogens with zero attached hydrogens (tertiary/aromatic N) is 2. The van der Waals surface area contributed by atoms with Crippen LogP contribution in [-0.2, 0) is 0 Å². The van der Waals surface area contributed by atoms with Gasteiger partial charge in [0.05, 0.1) is 0 Å². The van der Waals surface area contributed by atoms with E-state index in [1.165, 1.54) is 0 Å². The molecule has 0 unspecified atom stereocenters. The standard InChI is InChI=1S/C13H21ClN6O/c1-7-4-9(5-8(2)10(7)14)21-6-13(3,19-11(15)16)20-12(17)18/h4-5H,6H2,1-3H3,(H4,15,16,19)(H4,17,18,20). The fraction of sp³-hybridized carbons (Fsp3) is 0.385. The summed E-state index contributed by atoms with van der Waals surface area (Å²) in [5.74, 6) is 0.376. The molecule has 0 atom stereocenters. The van der Waals surface area contributed by atoms with E-state index in [1.54, 1.807) is 6.92 Å². The lowest BCUT2D eigenvalue weighted by atomic mass is 10.1. The Hall–Kier alpha value is -2.15. The summed E-state index contributed by atoms with van der Waals surface area (Å²) in [5, 5.41) is 0.707. The highest BCUT2D eigenvalue weighted by Crippen LogP contribution is 2.26. The highest BCUT2D eigenvalue weighted by atomic mass is 35.5. The fourth-order valence-corrected chi connectivity index (χ4v) is 1.96. The monoisotopic (exact) mass is 312 g/mol. The molecule has 0 radical (unpaired) electrons. The van der Waals surface area contributed by atoms with E-state index in [1.807, 2.05) is 26.0 Å². The minimum Gasteiger partial charge on any atom is -0.489 e. The van der Waals surface area contributed by atoms with Crippen LogP contribution < -0.4 is 27.7 Å². The van der Waals surface area contributed by atoms with Crippen LogP contribution in [0.25, 0.3) is 0 Å². The van der Waals surface area contributed by atoms with Gasteiger partial charge < -0.3 is 27.7 Å². The SMILES string of the molecule is Cc1cc(OCC(C)(N=C(N)N)N=C(N)N)cc(C)c1Cl. The average Bonchev–Trinajstić information content (AvgIpc) is 2.31. The van der Waals surface area contributed by atoms with Gasteiger partial charge >= 0.3 is 0 Å². The lowest BCUT2D eigenvalue weighted by molar-refractivity contribution is 0.237. The Morgan fingerprint density at radius 3 is 1.90 bits per heavy atom. The molecule has 0 amide bonds. The van der Waals surface area contributed by atoms with Gasteiger partial charge in [-0.1, -0.05) is 11.6 Å². The van der Waals surface area contributed by atoms with Crippen LogP contribution in [0, 0.1) is 13.8 Å². The smallest absolute Gasteiger partial charge is 0.188 e. The Bertz CT molecular complexity index is 535. The number of benzene rings is 1. The summed E-state index contributed by atoms with van der Waals surface area (Å²) in [6.07, 6.45) is 0. The molecular formula is C13H21ClN6O. The van der Waals surface area contributed by atoms with Crippen molar-refractivity contribution >= 4 is 23.5 Å². The van der Waals surface area contributed by atoms with E-state index in [4.69, 9.17) is 39.3 Å². The Morgan fingerprint density at radius 1 is 1.10 bits per heavy atom. The lowest BCUT2D eigenvalue weighted by Gasteiger charge is -2.22. The molecule has 0 bridgehead atoms. The van der Waals surface area contributed by atoms with Gasteiger partial charge in [0, 0.05) is 5.02 Å². The van der Waals surface area contributed by atoms with Crippen molar-refractivity contribution in [1.82, 2.24) is 0 Å². The van der Waals surface area contributed by atoms with Gasteiger partial charge in [-0.3, -0.25) is 0 Å². The highest BCUT2D eigenvalue weighted by Gasteiger charge is 2.24. The van der Waals surface area contributed by atoms with E-state index >= 15 is 0 Å². The maximum Gasteiger partial charge on any atom is 0.188 e. The number of ether oxygens (including phenoxy) is 1. The molecule has 0 aliphatic carbocycles. The van der Waals surface area contributed by atoms with Crippen LogP contribution in [0.15, 0.2) is 22.1 Å². The number of hydrogen-bond acceptors (Lipinski definition) is 3. The van der Waals surface area contributed by atoms with E-state index in [0.717, 1.165) is 11.1 Å². The molecule has 0 saturated heterocycles. The first-order valence-electron chi connectivity index (χ1n) is 6.24. The van der Waals surface area contributed by atoms with Gasteiger partial charge in [0.2, 0.25) is 0 Å². The van der Waals surface area contributed by atoms with Gasteiger partial charge in [-0.05, 0) is 44.0 Å². The molecule has 0 fully saturated rings. The predicted octanol–water partition coefficient (Wildman–Crippen LogP) is 0.599. The van der Waals surface area contributed by atoms with E-state index in [9.17, 15) is 0 Å². The number of nitrogens with two attached hydrogens (primary N) is 4. The number of rotatable bonds is 5. The maximum atomic E-state index is 6.11. The number of hydrogen-bond donors (Lipinski definition) is 4. The van der Waals surface area contributed by atoms with Gasteiger partial charge in [-0.25, -0.2) is 9.98 Å². The molecule has 0 aliphatic rings. The minimum atomic E-state index is -1.10. The number of aliphatic imine (C=N–C) groups is 2. The molecule has 21 heavy (non-hydrogen) atoms. The van der Waals surface area contributed by atoms with Crippen LogP contribution in [0.3, 0.4) is 0 Å². The van der Waals surface area contributed by atoms with Crippen molar-refractivity contribution in [3.8, 4) is 5.75 Å². The van der Waals surface area contributed by atoms with Crippen molar-refractivity contribution in [3.05, 3.63) is 28.3 Å². The number of aryl methyl sites for hydroxylation is 2. The third kappa shape index (κ3) is 5.03. The Labute approximate surface area is 129 Å². The zero-order valence-electron chi connectivity index (χ0n) is 12.4. The molecular weight excluding hydrogens is 292 g/mol. The minimum absolute atomic E-state index is 0.0727. The summed E-state index contributed by atoms with van der Waals surface area (Å²) in [6.45, 7) is 5.52. The summed E-state index contributed by atoms with van der Waals surface area (Å²) < 4.78 is 5.69. The lowest BCUT2D eigenvalue weighted by Crippen LogP contribution is -2.38. The second-order valence-corrected chi connectivity index (χ2v) is 5.33. The molecule has 116 valence electrons. The van der Waals surface area contributed by atoms with E-state index in [-0.39, 0.29) is 18.5 Å². The Kier molecular flexibility index (Phi) is 5.26. The third-order valence-corrected chi connectivity index (χ3v) is 3.26. The van der Waals surface area contributed by atoms with Crippen molar-refractivity contribution in [3.63, 3.8) is 0 Å². The van der Waals surface area contributed by atoms with Crippen LogP contribution in [-0.4, -0.2) is 24.2 Å². The molecule has 1 aromatic rings. The Balaban J connectivity index is 2.97. The van der Waals surface area contributed by atoms with Crippen molar-refractivity contribution in [1.29, 1.82) is 0 Å². The van der Waals surface area contributed by atoms with Crippen LogP contribution in [0.4, 0.5) is 0 Å². The summed E-state index contributed by atoms with van der Waals surface area (Å²) >= 11 is 6.11. The van der Waals surface area contributed by atoms with Crippen molar-refractivity contribution in [2.24, 2.45) is 32.9 Å². The molecule has 0 heterocycles. The van der Waals surface area contributed by atoms with Crippen LogP contribution >= 0.6 is 11.6 Å². The number of halogens is 1. The summed E-state index contributed by atoms with van der Waals surface area (Å²) in [4.78, 5) is 8.00. The largest absolute Gasteiger partial charge is 0.489 e. The zero-order chi connectivity index (χ0) is 16.2. The van der Waals surface area contributed by atoms with E-state index < -0.39 is 5.66 Å². The van der Waals surface area contributed by atoms with Crippen molar-refractivity contribution < 1.29 is 4.74 Å². The summed E-state index contributed by atoms with van der Waals surface area (Å²) in [6, 6.07) is 3.64. The van der Waals surface area contributed by atoms with Gasteiger partial charge in [0.1, 0.15) is 12.4 Å². The maximum absolute atomic E-state index is 6.11. The van der Waals surface area contributed by atoms with Gasteiger partial charge in [0.15, 0.2) is 17.6 Å². The fourth-order valence-electron chi connectivity index (χ4n) is 1.86. The summed E-state index contributed by atoms with van der Waals surface area (Å²) in [5.41, 5.74) is 22.3. The van der Waals surface area contributed by atoms with Gasteiger partial charge in [0.25, 0.3) is 0 Å². The second-order valence-electron chi connectivity index (χ2n) is 4.95. The first kappa shape index (κ1) is 16.9. The molecule has 7 nitrogen and oxygen atoms in total. The molecule has 0 aromatic heterocycles. The Morgan fingerprint density at radius 2 is 1.52 bits per heavy atom. The van der Waals surface area contributed by atoms with Crippen LogP contribution in [0.1, 0.15) is 18.1 Å². The molecule has 1 rings (SSSR count). The normalized spacial score (nSPS) is 10.9. The van der Waals surface area contributed by atoms with Gasteiger partial charge in [-0.2, -0.15) is 0 Å². The second kappa shape index (κ2) is 6.53. The topological polar surface area (TPSA) is 138 Å². The first-order chi connectivity index (χ1) is 9.63. The highest BCUT2D eigenvalue weighted by molar-refractivity contribution is 6.32. The van der Waals surface area contributed by atoms with Gasteiger partial charge in [-0.15, -0.1) is 0 Å². The summed E-state index contributed by atoms with van der Waals surface area (Å²) in [7, 11) is 0. The quantitative estimate of drug-likeness (QED) is 0.466. The van der Waals surface area contributed by atoms with E-state index in [0.29, 0.717) is 10.8 Å². The number of guanidine groups is 2. The molecule has 0 saturated carbocycles. The van der Waals surface area contributed by atoms with Crippen molar-refractivity contribution in [2.45, 2.75) is 26.4 Å². The first-order valence-corrected chi connectivity index (χ1v) is 6.62. The molecule has 1 aromatic carbocycles. The predicted molar refractivity (Wildman–Crippen MR) is 86.4 cm³/mol. The molecule has 8 heteroatoms. The van der Waals surface area contributed by atoms with E-state index in [2.05, 4.69) is 9.98 Å². The third-order valence-electron chi connectivity index (χ3n) is 2.66. The van der Waals surface area contributed by atoms with Crippen LogP contribution in [0.2, 0.25) is 5.02 Å². The van der Waals surface area contributed by atoms with Crippen LogP contribution in [0.5, 0.6) is 5.75 Å². The molecule has 0 aliphatic heterocycles.